The lowest BCUT2D eigenvalue weighted by Crippen LogP contribution is -2.44. The Balaban J connectivity index is 1.71. The summed E-state index contributed by atoms with van der Waals surface area (Å²) >= 11 is 24.2. The van der Waals surface area contributed by atoms with Gasteiger partial charge in [-0.05, 0) is 61.1 Å². The van der Waals surface area contributed by atoms with Gasteiger partial charge in [0.2, 0.25) is 6.17 Å². The first-order valence-electron chi connectivity index (χ1n) is 9.59. The average Bonchev–Trinajstić information content (AvgIpc) is 2.88. The van der Waals surface area contributed by atoms with E-state index in [0.29, 0.717) is 37.6 Å². The van der Waals surface area contributed by atoms with Crippen LogP contribution in [0.2, 0.25) is 15.1 Å². The van der Waals surface area contributed by atoms with Gasteiger partial charge < -0.3 is 16.0 Å². The number of thiocarbonyl (C=S) groups is 1. The fourth-order valence-electron chi connectivity index (χ4n) is 3.26. The van der Waals surface area contributed by atoms with Crippen molar-refractivity contribution >= 4 is 75.1 Å². The summed E-state index contributed by atoms with van der Waals surface area (Å²) in [6, 6.07) is 17.9. The topological polar surface area (TPSA) is 65.5 Å². The summed E-state index contributed by atoms with van der Waals surface area (Å²) in [7, 11) is 0. The van der Waals surface area contributed by atoms with Gasteiger partial charge in [0.25, 0.3) is 5.91 Å². The maximum atomic E-state index is 13.0. The van der Waals surface area contributed by atoms with Gasteiger partial charge in [-0.1, -0.05) is 59.1 Å². The van der Waals surface area contributed by atoms with E-state index in [1.165, 1.54) is 0 Å². The highest BCUT2D eigenvalue weighted by atomic mass is 35.5. The van der Waals surface area contributed by atoms with Crippen molar-refractivity contribution in [2.24, 2.45) is 4.99 Å². The van der Waals surface area contributed by atoms with Gasteiger partial charge in [-0.25, -0.2) is 4.99 Å². The molecule has 1 amide bonds. The molecule has 5 nitrogen and oxygen atoms in total. The number of nitrogens with one attached hydrogen (secondary N) is 3. The molecule has 1 atom stereocenters. The first kappa shape index (κ1) is 22.6. The Labute approximate surface area is 205 Å². The molecule has 4 rings (SSSR count). The average molecular weight is 504 g/mol. The number of aliphatic imine (C=N–C) groups is 1. The number of anilines is 2. The maximum absolute atomic E-state index is 13.0. The molecule has 0 fully saturated rings. The Morgan fingerprint density at radius 1 is 1.00 bits per heavy atom. The van der Waals surface area contributed by atoms with E-state index in [2.05, 4.69) is 20.9 Å². The van der Waals surface area contributed by atoms with E-state index in [0.717, 1.165) is 11.3 Å². The minimum Gasteiger partial charge on any atom is -0.333 e. The number of benzodiazepines with no additional fused rings is 1. The number of carbonyl (C=O) groups is 1. The molecule has 1 unspecified atom stereocenters. The number of benzene rings is 3. The van der Waals surface area contributed by atoms with Crippen molar-refractivity contribution in [2.75, 3.05) is 10.6 Å². The molecule has 0 bridgehead atoms. The molecule has 0 saturated heterocycles. The third-order valence-corrected chi connectivity index (χ3v) is 5.87. The summed E-state index contributed by atoms with van der Waals surface area (Å²) in [4.78, 5) is 17.7. The first-order valence-corrected chi connectivity index (χ1v) is 11.1. The molecule has 1 aliphatic heterocycles. The molecule has 32 heavy (non-hydrogen) atoms. The molecule has 1 aliphatic rings. The van der Waals surface area contributed by atoms with Crippen molar-refractivity contribution in [3.05, 3.63) is 92.4 Å². The van der Waals surface area contributed by atoms with Crippen LogP contribution in [-0.2, 0) is 4.79 Å². The fourth-order valence-corrected chi connectivity index (χ4v) is 4.05. The Morgan fingerprint density at radius 3 is 2.50 bits per heavy atom. The van der Waals surface area contributed by atoms with Gasteiger partial charge in [-0.3, -0.25) is 4.79 Å². The Hall–Kier alpha value is -2.64. The van der Waals surface area contributed by atoms with Crippen LogP contribution in [0.15, 0.2) is 65.7 Å². The van der Waals surface area contributed by atoms with Crippen LogP contribution in [0.25, 0.3) is 0 Å². The van der Waals surface area contributed by atoms with Crippen molar-refractivity contribution < 1.29 is 4.79 Å². The molecular formula is C23H17Cl3N4OS. The van der Waals surface area contributed by atoms with Crippen LogP contribution < -0.4 is 16.0 Å². The molecule has 162 valence electrons. The van der Waals surface area contributed by atoms with Crippen LogP contribution >= 0.6 is 47.0 Å². The lowest BCUT2D eigenvalue weighted by atomic mass is 10.0. The highest BCUT2D eigenvalue weighted by molar-refractivity contribution is 7.80. The van der Waals surface area contributed by atoms with Crippen molar-refractivity contribution in [1.29, 1.82) is 0 Å². The van der Waals surface area contributed by atoms with Crippen LogP contribution in [0, 0.1) is 6.92 Å². The molecule has 0 spiro atoms. The molecule has 0 radical (unpaired) electrons. The number of rotatable bonds is 3. The highest BCUT2D eigenvalue weighted by Crippen LogP contribution is 2.29. The van der Waals surface area contributed by atoms with Crippen LogP contribution in [-0.4, -0.2) is 22.9 Å². The summed E-state index contributed by atoms with van der Waals surface area (Å²) in [5, 5.41) is 10.7. The predicted octanol–water partition coefficient (Wildman–Crippen LogP) is 6.06. The highest BCUT2D eigenvalue weighted by Gasteiger charge is 2.27. The number of aryl methyl sites for hydroxylation is 1. The van der Waals surface area contributed by atoms with Gasteiger partial charge in [0, 0.05) is 31.9 Å². The second-order valence-corrected chi connectivity index (χ2v) is 8.79. The van der Waals surface area contributed by atoms with Crippen molar-refractivity contribution in [2.45, 2.75) is 13.1 Å². The zero-order chi connectivity index (χ0) is 22.8. The molecule has 0 saturated carbocycles. The van der Waals surface area contributed by atoms with E-state index in [9.17, 15) is 4.79 Å². The molecule has 0 aliphatic carbocycles. The van der Waals surface area contributed by atoms with Crippen molar-refractivity contribution in [1.82, 2.24) is 5.32 Å². The quantitative estimate of drug-likeness (QED) is 0.380. The van der Waals surface area contributed by atoms with Gasteiger partial charge >= 0.3 is 0 Å². The van der Waals surface area contributed by atoms with Crippen molar-refractivity contribution in [3.8, 4) is 0 Å². The van der Waals surface area contributed by atoms with E-state index in [1.807, 2.05) is 31.2 Å². The van der Waals surface area contributed by atoms with Gasteiger partial charge in [0.1, 0.15) is 0 Å². The molecule has 9 heteroatoms. The lowest BCUT2D eigenvalue weighted by molar-refractivity contribution is -0.117. The number of nitrogens with zero attached hydrogens (tertiary/aromatic N) is 1. The maximum Gasteiger partial charge on any atom is 0.269 e. The minimum atomic E-state index is -1.01. The standard InChI is InChI=1S/C23H17Cl3N4OS/c1-12-6-7-14(25)11-19(12)28-23(32)30-21-22(31)27-18-9-8-13(24)10-16(18)20(29-21)15-4-2-3-5-17(15)26/h2-11,21H,1H3,(H,27,31)(H2,28,30,32). The number of halogens is 3. The van der Waals surface area contributed by atoms with Crippen LogP contribution in [0.4, 0.5) is 11.4 Å². The largest absolute Gasteiger partial charge is 0.333 e. The van der Waals surface area contributed by atoms with E-state index in [1.54, 1.807) is 36.4 Å². The van der Waals surface area contributed by atoms with Crippen LogP contribution in [0.3, 0.4) is 0 Å². The lowest BCUT2D eigenvalue weighted by Gasteiger charge is -2.17. The zero-order valence-corrected chi connectivity index (χ0v) is 19.8. The van der Waals surface area contributed by atoms with Crippen molar-refractivity contribution in [3.63, 3.8) is 0 Å². The van der Waals surface area contributed by atoms with E-state index < -0.39 is 6.17 Å². The van der Waals surface area contributed by atoms with E-state index in [-0.39, 0.29) is 11.0 Å². The SMILES string of the molecule is Cc1ccc(Cl)cc1NC(=S)NC1N=C(c2ccccc2Cl)c2cc(Cl)ccc2NC1=O. The Kier molecular flexibility index (Phi) is 6.67. The first-order chi connectivity index (χ1) is 15.3. The summed E-state index contributed by atoms with van der Waals surface area (Å²) in [5.41, 5.74) is 4.11. The number of hydrogen-bond donors (Lipinski definition) is 3. The van der Waals surface area contributed by atoms with Gasteiger partial charge in [0.05, 0.1) is 11.4 Å². The predicted molar refractivity (Wildman–Crippen MR) is 137 cm³/mol. The van der Waals surface area contributed by atoms with Gasteiger partial charge in [-0.2, -0.15) is 0 Å². The van der Waals surface area contributed by atoms with Gasteiger partial charge in [-0.15, -0.1) is 0 Å². The third-order valence-electron chi connectivity index (χ3n) is 4.85. The molecule has 3 aromatic carbocycles. The summed E-state index contributed by atoms with van der Waals surface area (Å²) < 4.78 is 0. The van der Waals surface area contributed by atoms with E-state index in [4.69, 9.17) is 47.0 Å². The second kappa shape index (κ2) is 9.46. The van der Waals surface area contributed by atoms with Gasteiger partial charge in [0.15, 0.2) is 5.11 Å². The minimum absolute atomic E-state index is 0.224. The normalized spacial score (nSPS) is 15.2. The number of fused-ring (bicyclic) bond motifs is 1. The molecule has 0 aromatic heterocycles. The molecule has 3 aromatic rings. The Bertz CT molecular complexity index is 1260. The summed E-state index contributed by atoms with van der Waals surface area (Å²) in [6.07, 6.45) is -1.01. The monoisotopic (exact) mass is 502 g/mol. The molecular weight excluding hydrogens is 487 g/mol. The van der Waals surface area contributed by atoms with Crippen LogP contribution in [0.5, 0.6) is 0 Å². The number of carbonyl (C=O) groups excluding carboxylic acids is 1. The third kappa shape index (κ3) is 4.89. The Morgan fingerprint density at radius 2 is 1.72 bits per heavy atom. The second-order valence-electron chi connectivity index (χ2n) is 7.10. The number of hydrogen-bond acceptors (Lipinski definition) is 3. The fraction of sp³-hybridized carbons (Fsp3) is 0.0870. The zero-order valence-electron chi connectivity index (χ0n) is 16.7. The summed E-state index contributed by atoms with van der Waals surface area (Å²) in [6.45, 7) is 1.92. The smallest absolute Gasteiger partial charge is 0.269 e. The summed E-state index contributed by atoms with van der Waals surface area (Å²) in [5.74, 6) is -0.373. The molecule has 1 heterocycles. The number of amides is 1. The van der Waals surface area contributed by atoms with E-state index >= 15 is 0 Å². The van der Waals surface area contributed by atoms with Crippen LogP contribution in [0.1, 0.15) is 16.7 Å². The molecule has 3 N–H and O–H groups in total.